The van der Waals surface area contributed by atoms with E-state index < -0.39 is 10.8 Å². The average molecular weight is 452 g/mol. The topological polar surface area (TPSA) is 47.3 Å². The molecule has 1 fully saturated rings. The molecule has 3 aromatic carbocycles. The second kappa shape index (κ2) is 10.2. The lowest BCUT2D eigenvalue weighted by Gasteiger charge is -2.41. The number of hydrogen-bond acceptors (Lipinski definition) is 3. The number of hydrogen-bond donors (Lipinski definition) is 0. The second-order valence-electron chi connectivity index (χ2n) is 9.49. The van der Waals surface area contributed by atoms with Crippen molar-refractivity contribution in [3.8, 4) is 6.07 Å². The highest BCUT2D eigenvalue weighted by atomic mass is 16.2. The number of rotatable bonds is 7. The highest BCUT2D eigenvalue weighted by molar-refractivity contribution is 5.91. The molecule has 0 radical (unpaired) electrons. The number of carbonyl (C=O) groups excluding carboxylic acids is 1. The smallest absolute Gasteiger partial charge is 0.237 e. The fraction of sp³-hybridized carbons (Fsp3) is 0.333. The van der Waals surface area contributed by atoms with Crippen molar-refractivity contribution in [1.82, 2.24) is 9.80 Å². The lowest BCUT2D eigenvalue weighted by molar-refractivity contribution is -0.133. The van der Waals surface area contributed by atoms with Crippen molar-refractivity contribution >= 4 is 5.91 Å². The van der Waals surface area contributed by atoms with Crippen LogP contribution in [0.2, 0.25) is 0 Å². The molecule has 4 rings (SSSR count). The Labute approximate surface area is 203 Å². The summed E-state index contributed by atoms with van der Waals surface area (Å²) >= 11 is 0. The van der Waals surface area contributed by atoms with Crippen molar-refractivity contribution in [3.63, 3.8) is 0 Å². The number of benzene rings is 3. The molecule has 0 aliphatic carbocycles. The van der Waals surface area contributed by atoms with Gasteiger partial charge in [0.1, 0.15) is 5.41 Å². The molecule has 174 valence electrons. The number of piperidine rings is 1. The van der Waals surface area contributed by atoms with Gasteiger partial charge in [-0.3, -0.25) is 4.79 Å². The molecule has 0 N–H and O–H groups in total. The van der Waals surface area contributed by atoms with Crippen LogP contribution in [-0.4, -0.2) is 49.4 Å². The van der Waals surface area contributed by atoms with Crippen LogP contribution in [0.25, 0.3) is 0 Å². The van der Waals surface area contributed by atoms with Gasteiger partial charge in [0.2, 0.25) is 5.91 Å². The maximum atomic E-state index is 13.8. The summed E-state index contributed by atoms with van der Waals surface area (Å²) in [5.41, 5.74) is 1.98. The van der Waals surface area contributed by atoms with Crippen LogP contribution in [0.5, 0.6) is 0 Å². The van der Waals surface area contributed by atoms with E-state index in [1.807, 2.05) is 68.7 Å². The van der Waals surface area contributed by atoms with Crippen LogP contribution in [0.3, 0.4) is 0 Å². The molecule has 1 aliphatic rings. The number of likely N-dealkylation sites (N-methyl/N-ethyl adjacent to an activating group) is 1. The number of amides is 1. The van der Waals surface area contributed by atoms with Crippen LogP contribution in [0, 0.1) is 11.3 Å². The van der Waals surface area contributed by atoms with Gasteiger partial charge in [0.05, 0.1) is 11.5 Å². The molecule has 1 saturated heterocycles. The highest BCUT2D eigenvalue weighted by Gasteiger charge is 2.44. The van der Waals surface area contributed by atoms with Gasteiger partial charge < -0.3 is 9.80 Å². The van der Waals surface area contributed by atoms with Crippen LogP contribution in [0.15, 0.2) is 91.0 Å². The van der Waals surface area contributed by atoms with E-state index >= 15 is 0 Å². The van der Waals surface area contributed by atoms with E-state index in [4.69, 9.17) is 0 Å². The maximum absolute atomic E-state index is 13.8. The Balaban J connectivity index is 1.60. The van der Waals surface area contributed by atoms with Gasteiger partial charge >= 0.3 is 0 Å². The average Bonchev–Trinajstić information content (AvgIpc) is 2.91. The fourth-order valence-electron chi connectivity index (χ4n) is 5.34. The largest absolute Gasteiger partial charge is 0.348 e. The van der Waals surface area contributed by atoms with Crippen LogP contribution in [0.4, 0.5) is 0 Å². The Morgan fingerprint density at radius 1 is 0.882 bits per heavy atom. The summed E-state index contributed by atoms with van der Waals surface area (Å²) in [6.07, 6.45) is 2.29. The van der Waals surface area contributed by atoms with Crippen molar-refractivity contribution in [2.45, 2.75) is 30.1 Å². The van der Waals surface area contributed by atoms with Gasteiger partial charge in [-0.25, -0.2) is 0 Å². The molecule has 1 heterocycles. The standard InChI is InChI=1S/C30H33N3O/c1-32(2)28(34)30(26-14-8-4-9-15-26,27-16-10-5-11-17-27)20-23-33-21-18-29(24-31,19-22-33)25-12-6-3-7-13-25/h3-17H,18-23H2,1-2H3. The van der Waals surface area contributed by atoms with E-state index in [1.165, 1.54) is 0 Å². The molecule has 0 unspecified atom stereocenters. The van der Waals surface area contributed by atoms with Crippen molar-refractivity contribution < 1.29 is 4.79 Å². The van der Waals surface area contributed by atoms with E-state index in [0.29, 0.717) is 6.42 Å². The Bertz CT molecular complexity index is 1070. The van der Waals surface area contributed by atoms with Crippen LogP contribution in [-0.2, 0) is 15.6 Å². The lowest BCUT2D eigenvalue weighted by atomic mass is 9.70. The molecule has 0 saturated carbocycles. The zero-order valence-corrected chi connectivity index (χ0v) is 20.2. The maximum Gasteiger partial charge on any atom is 0.237 e. The zero-order valence-electron chi connectivity index (χ0n) is 20.2. The van der Waals surface area contributed by atoms with Gasteiger partial charge in [-0.05, 0) is 55.6 Å². The minimum atomic E-state index is -0.755. The van der Waals surface area contributed by atoms with Crippen molar-refractivity contribution in [2.24, 2.45) is 0 Å². The second-order valence-corrected chi connectivity index (χ2v) is 9.49. The van der Waals surface area contributed by atoms with Crippen molar-refractivity contribution in [3.05, 3.63) is 108 Å². The van der Waals surface area contributed by atoms with E-state index in [-0.39, 0.29) is 5.91 Å². The summed E-state index contributed by atoms with van der Waals surface area (Å²) in [4.78, 5) is 18.0. The predicted molar refractivity (Wildman–Crippen MR) is 136 cm³/mol. The number of carbonyl (C=O) groups is 1. The van der Waals surface area contributed by atoms with Crippen LogP contribution in [0.1, 0.15) is 36.0 Å². The molecule has 1 aliphatic heterocycles. The normalized spacial score (nSPS) is 15.9. The molecule has 4 nitrogen and oxygen atoms in total. The highest BCUT2D eigenvalue weighted by Crippen LogP contribution is 2.39. The summed E-state index contributed by atoms with van der Waals surface area (Å²) in [6, 6.07) is 33.1. The molecule has 34 heavy (non-hydrogen) atoms. The molecule has 0 spiro atoms. The molecular weight excluding hydrogens is 418 g/mol. The van der Waals surface area contributed by atoms with Gasteiger partial charge in [0.25, 0.3) is 0 Å². The summed E-state index contributed by atoms with van der Waals surface area (Å²) in [5, 5.41) is 10.1. The fourth-order valence-corrected chi connectivity index (χ4v) is 5.34. The molecule has 0 bridgehead atoms. The first-order chi connectivity index (χ1) is 16.5. The molecule has 0 atom stereocenters. The minimum Gasteiger partial charge on any atom is -0.348 e. The summed E-state index contributed by atoms with van der Waals surface area (Å²) in [6.45, 7) is 2.48. The predicted octanol–water partition coefficient (Wildman–Crippen LogP) is 5.01. The minimum absolute atomic E-state index is 0.0950. The SMILES string of the molecule is CN(C)C(=O)C(CCN1CCC(C#N)(c2ccccc2)CC1)(c1ccccc1)c1ccccc1. The lowest BCUT2D eigenvalue weighted by Crippen LogP contribution is -2.48. The Morgan fingerprint density at radius 2 is 1.35 bits per heavy atom. The zero-order chi connectivity index (χ0) is 24.0. The van der Waals surface area contributed by atoms with E-state index in [2.05, 4.69) is 47.4 Å². The third-order valence-electron chi connectivity index (χ3n) is 7.36. The first kappa shape index (κ1) is 23.7. The number of nitriles is 1. The van der Waals surface area contributed by atoms with Gasteiger partial charge in [-0.1, -0.05) is 91.0 Å². The summed E-state index contributed by atoms with van der Waals surface area (Å²) in [7, 11) is 3.68. The number of likely N-dealkylation sites (tertiary alicyclic amines) is 1. The van der Waals surface area contributed by atoms with Gasteiger partial charge in [0.15, 0.2) is 0 Å². The van der Waals surface area contributed by atoms with Crippen LogP contribution < -0.4 is 0 Å². The summed E-state index contributed by atoms with van der Waals surface area (Å²) in [5.74, 6) is 0.0950. The van der Waals surface area contributed by atoms with E-state index in [0.717, 1.165) is 49.2 Å². The molecule has 1 amide bonds. The summed E-state index contributed by atoms with van der Waals surface area (Å²) < 4.78 is 0. The third-order valence-corrected chi connectivity index (χ3v) is 7.36. The van der Waals surface area contributed by atoms with E-state index in [9.17, 15) is 10.1 Å². The molecule has 0 aromatic heterocycles. The molecular formula is C30H33N3O. The Kier molecular flexibility index (Phi) is 7.14. The first-order valence-corrected chi connectivity index (χ1v) is 12.0. The first-order valence-electron chi connectivity index (χ1n) is 12.0. The van der Waals surface area contributed by atoms with Gasteiger partial charge in [-0.2, -0.15) is 5.26 Å². The Hall–Kier alpha value is -3.42. The Morgan fingerprint density at radius 3 is 1.79 bits per heavy atom. The molecule has 4 heteroatoms. The van der Waals surface area contributed by atoms with Crippen LogP contribution >= 0.6 is 0 Å². The van der Waals surface area contributed by atoms with Crippen molar-refractivity contribution in [2.75, 3.05) is 33.7 Å². The third kappa shape index (κ3) is 4.49. The van der Waals surface area contributed by atoms with Crippen molar-refractivity contribution in [1.29, 1.82) is 5.26 Å². The van der Waals surface area contributed by atoms with Gasteiger partial charge in [0, 0.05) is 14.1 Å². The van der Waals surface area contributed by atoms with Gasteiger partial charge in [-0.15, -0.1) is 0 Å². The quantitative estimate of drug-likeness (QED) is 0.507. The molecule has 3 aromatic rings. The monoisotopic (exact) mass is 451 g/mol. The van der Waals surface area contributed by atoms with E-state index in [1.54, 1.807) is 4.90 Å². The number of nitrogens with zero attached hydrogens (tertiary/aromatic N) is 3.